The lowest BCUT2D eigenvalue weighted by Crippen LogP contribution is -2.46. The predicted octanol–water partition coefficient (Wildman–Crippen LogP) is -0.000400. The van der Waals surface area contributed by atoms with Crippen LogP contribution >= 0.6 is 0 Å². The van der Waals surface area contributed by atoms with Gasteiger partial charge < -0.3 is 10.2 Å². The number of nitrogens with zero attached hydrogens (tertiary/aromatic N) is 1. The highest BCUT2D eigenvalue weighted by atomic mass is 32.2. The first kappa shape index (κ1) is 14.9. The zero-order chi connectivity index (χ0) is 12.7. The summed E-state index contributed by atoms with van der Waals surface area (Å²) in [6.45, 7) is 5.82. The SMILES string of the molecule is CCCN1CCC(NS(=O)(=O)CCNC)CC1. The molecule has 0 aromatic rings. The van der Waals surface area contributed by atoms with Gasteiger partial charge in [0.1, 0.15) is 0 Å². The molecule has 17 heavy (non-hydrogen) atoms. The quantitative estimate of drug-likeness (QED) is 0.679. The van der Waals surface area contributed by atoms with Crippen molar-refractivity contribution in [2.45, 2.75) is 32.2 Å². The standard InChI is InChI=1S/C11H25N3O2S/c1-3-7-14-8-4-11(5-9-14)13-17(15,16)10-6-12-2/h11-13H,3-10H2,1-2H3. The molecule has 1 rings (SSSR count). The Balaban J connectivity index is 2.30. The van der Waals surface area contributed by atoms with Gasteiger partial charge in [0.05, 0.1) is 5.75 Å². The smallest absolute Gasteiger partial charge is 0.213 e. The Morgan fingerprint density at radius 1 is 1.29 bits per heavy atom. The highest BCUT2D eigenvalue weighted by Gasteiger charge is 2.22. The molecule has 1 heterocycles. The second-order valence-corrected chi connectivity index (χ2v) is 6.53. The summed E-state index contributed by atoms with van der Waals surface area (Å²) >= 11 is 0. The largest absolute Gasteiger partial charge is 0.319 e. The maximum absolute atomic E-state index is 11.7. The van der Waals surface area contributed by atoms with Gasteiger partial charge in [0.25, 0.3) is 0 Å². The fourth-order valence-electron chi connectivity index (χ4n) is 2.14. The third kappa shape index (κ3) is 5.81. The second kappa shape index (κ2) is 7.31. The molecule has 0 aromatic heterocycles. The van der Waals surface area contributed by atoms with E-state index in [0.717, 1.165) is 32.5 Å². The van der Waals surface area contributed by atoms with Gasteiger partial charge in [0.15, 0.2) is 0 Å². The van der Waals surface area contributed by atoms with E-state index in [1.807, 2.05) is 0 Å². The Bertz CT molecular complexity index is 298. The van der Waals surface area contributed by atoms with Gasteiger partial charge in [-0.3, -0.25) is 0 Å². The molecule has 1 fully saturated rings. The molecule has 0 unspecified atom stereocenters. The lowest BCUT2D eigenvalue weighted by atomic mass is 10.1. The van der Waals surface area contributed by atoms with E-state index in [-0.39, 0.29) is 11.8 Å². The Morgan fingerprint density at radius 2 is 1.94 bits per heavy atom. The molecule has 1 saturated heterocycles. The number of nitrogens with one attached hydrogen (secondary N) is 2. The van der Waals surface area contributed by atoms with Crippen LogP contribution in [0.4, 0.5) is 0 Å². The fourth-order valence-corrected chi connectivity index (χ4v) is 3.47. The molecule has 102 valence electrons. The van der Waals surface area contributed by atoms with Gasteiger partial charge in [-0.15, -0.1) is 0 Å². The topological polar surface area (TPSA) is 61.4 Å². The molecule has 0 aromatic carbocycles. The normalized spacial score (nSPS) is 19.6. The average molecular weight is 263 g/mol. The van der Waals surface area contributed by atoms with Gasteiger partial charge in [-0.2, -0.15) is 0 Å². The molecule has 0 amide bonds. The van der Waals surface area contributed by atoms with Gasteiger partial charge in [-0.25, -0.2) is 13.1 Å². The van der Waals surface area contributed by atoms with Crippen LogP contribution in [0.3, 0.4) is 0 Å². The second-order valence-electron chi connectivity index (χ2n) is 4.66. The Hall–Kier alpha value is -0.170. The number of sulfonamides is 1. The average Bonchev–Trinajstić information content (AvgIpc) is 2.29. The molecule has 5 nitrogen and oxygen atoms in total. The molecule has 6 heteroatoms. The minimum absolute atomic E-state index is 0.130. The summed E-state index contributed by atoms with van der Waals surface area (Å²) < 4.78 is 26.2. The van der Waals surface area contributed by atoms with Crippen molar-refractivity contribution in [3.63, 3.8) is 0 Å². The zero-order valence-corrected chi connectivity index (χ0v) is 11.7. The number of hydrogen-bond donors (Lipinski definition) is 2. The number of piperidine rings is 1. The first-order valence-corrected chi connectivity index (χ1v) is 8.09. The summed E-state index contributed by atoms with van der Waals surface area (Å²) in [5, 5.41) is 2.86. The molecule has 0 atom stereocenters. The molecule has 2 N–H and O–H groups in total. The first-order chi connectivity index (χ1) is 8.07. The van der Waals surface area contributed by atoms with E-state index in [2.05, 4.69) is 21.9 Å². The van der Waals surface area contributed by atoms with Crippen LogP contribution in [-0.4, -0.2) is 58.3 Å². The van der Waals surface area contributed by atoms with Crippen molar-refractivity contribution >= 4 is 10.0 Å². The van der Waals surface area contributed by atoms with E-state index < -0.39 is 10.0 Å². The molecule has 1 aliphatic heterocycles. The predicted molar refractivity (Wildman–Crippen MR) is 70.6 cm³/mol. The number of likely N-dealkylation sites (tertiary alicyclic amines) is 1. The molecule has 0 spiro atoms. The van der Waals surface area contributed by atoms with Crippen LogP contribution in [-0.2, 0) is 10.0 Å². The molecule has 1 aliphatic rings. The monoisotopic (exact) mass is 263 g/mol. The van der Waals surface area contributed by atoms with E-state index in [4.69, 9.17) is 0 Å². The van der Waals surface area contributed by atoms with Gasteiger partial charge in [-0.05, 0) is 45.9 Å². The van der Waals surface area contributed by atoms with Crippen LogP contribution < -0.4 is 10.0 Å². The Morgan fingerprint density at radius 3 is 2.47 bits per heavy atom. The zero-order valence-electron chi connectivity index (χ0n) is 10.9. The minimum atomic E-state index is -3.10. The molecular weight excluding hydrogens is 238 g/mol. The third-order valence-corrected chi connectivity index (χ3v) is 4.53. The van der Waals surface area contributed by atoms with Gasteiger partial charge in [0, 0.05) is 12.6 Å². The van der Waals surface area contributed by atoms with Crippen LogP contribution in [0.15, 0.2) is 0 Å². The molecule has 0 bridgehead atoms. The minimum Gasteiger partial charge on any atom is -0.319 e. The van der Waals surface area contributed by atoms with Crippen molar-refractivity contribution in [3.05, 3.63) is 0 Å². The lowest BCUT2D eigenvalue weighted by molar-refractivity contribution is 0.208. The van der Waals surface area contributed by atoms with E-state index in [1.54, 1.807) is 7.05 Å². The van der Waals surface area contributed by atoms with Crippen LogP contribution in [0, 0.1) is 0 Å². The van der Waals surface area contributed by atoms with Crippen molar-refractivity contribution in [1.82, 2.24) is 14.9 Å². The van der Waals surface area contributed by atoms with Crippen LogP contribution in [0.25, 0.3) is 0 Å². The molecular formula is C11H25N3O2S. The summed E-state index contributed by atoms with van der Waals surface area (Å²) in [5.74, 6) is 0.165. The van der Waals surface area contributed by atoms with Crippen molar-refractivity contribution in [1.29, 1.82) is 0 Å². The maximum Gasteiger partial charge on any atom is 0.213 e. The number of rotatable bonds is 7. The van der Waals surface area contributed by atoms with Crippen LogP contribution in [0.2, 0.25) is 0 Å². The Labute approximate surface area is 105 Å². The highest BCUT2D eigenvalue weighted by Crippen LogP contribution is 2.11. The van der Waals surface area contributed by atoms with E-state index in [1.165, 1.54) is 6.42 Å². The summed E-state index contributed by atoms with van der Waals surface area (Å²) in [6, 6.07) is 0.130. The third-order valence-electron chi connectivity index (χ3n) is 3.09. The lowest BCUT2D eigenvalue weighted by Gasteiger charge is -2.31. The number of hydrogen-bond acceptors (Lipinski definition) is 4. The maximum atomic E-state index is 11.7. The molecule has 0 aliphatic carbocycles. The fraction of sp³-hybridized carbons (Fsp3) is 1.00. The van der Waals surface area contributed by atoms with Crippen LogP contribution in [0.1, 0.15) is 26.2 Å². The van der Waals surface area contributed by atoms with E-state index >= 15 is 0 Å². The summed E-state index contributed by atoms with van der Waals surface area (Å²) in [7, 11) is -1.34. The van der Waals surface area contributed by atoms with Crippen LogP contribution in [0.5, 0.6) is 0 Å². The van der Waals surface area contributed by atoms with Gasteiger partial charge >= 0.3 is 0 Å². The van der Waals surface area contributed by atoms with Crippen molar-refractivity contribution in [3.8, 4) is 0 Å². The van der Waals surface area contributed by atoms with E-state index in [9.17, 15) is 8.42 Å². The van der Waals surface area contributed by atoms with Crippen molar-refractivity contribution in [2.75, 3.05) is 39.0 Å². The summed E-state index contributed by atoms with van der Waals surface area (Å²) in [5.41, 5.74) is 0. The highest BCUT2D eigenvalue weighted by molar-refractivity contribution is 7.89. The van der Waals surface area contributed by atoms with Gasteiger partial charge in [-0.1, -0.05) is 6.92 Å². The Kier molecular flexibility index (Phi) is 6.40. The molecule has 0 saturated carbocycles. The first-order valence-electron chi connectivity index (χ1n) is 6.44. The van der Waals surface area contributed by atoms with Crippen molar-refractivity contribution in [2.24, 2.45) is 0 Å². The summed E-state index contributed by atoms with van der Waals surface area (Å²) in [6.07, 6.45) is 3.02. The van der Waals surface area contributed by atoms with E-state index in [0.29, 0.717) is 6.54 Å². The molecule has 0 radical (unpaired) electrons. The van der Waals surface area contributed by atoms with Crippen molar-refractivity contribution < 1.29 is 8.42 Å². The van der Waals surface area contributed by atoms with Gasteiger partial charge in [0.2, 0.25) is 10.0 Å². The summed E-state index contributed by atoms with van der Waals surface area (Å²) in [4.78, 5) is 2.40.